The summed E-state index contributed by atoms with van der Waals surface area (Å²) in [5.41, 5.74) is 0.0735. The fraction of sp³-hybridized carbons (Fsp3) is 0.143. The Balaban J connectivity index is 2.64. The zero-order chi connectivity index (χ0) is 9.14. The van der Waals surface area contributed by atoms with E-state index < -0.39 is 5.97 Å². The number of hydrogen-bond acceptors (Lipinski definition) is 4. The van der Waals surface area contributed by atoms with Crippen LogP contribution in [0.5, 0.6) is 5.88 Å². The lowest BCUT2D eigenvalue weighted by Crippen LogP contribution is -2.01. The number of carboxylic acids is 1. The molecule has 0 spiro atoms. The fourth-order valence-electron chi connectivity index (χ4n) is 0.641. The first-order valence-electron chi connectivity index (χ1n) is 3.14. The Morgan fingerprint density at radius 2 is 2.42 bits per heavy atom. The van der Waals surface area contributed by atoms with Gasteiger partial charge >= 0.3 is 5.97 Å². The lowest BCUT2D eigenvalue weighted by molar-refractivity contribution is -0.132. The standard InChI is InChI=1S/C7H7NO3S/c1-4(7(10)11)2-6-8-5(9)3-12-6/h3,9H,1-2H2,(H,10,11). The molecule has 0 aromatic carbocycles. The molecule has 4 nitrogen and oxygen atoms in total. The number of aromatic nitrogens is 1. The molecular formula is C7H7NO3S. The van der Waals surface area contributed by atoms with Crippen molar-refractivity contribution >= 4 is 17.3 Å². The number of carboxylic acid groups (broad SMARTS) is 1. The first kappa shape index (κ1) is 8.73. The average molecular weight is 185 g/mol. The number of hydrogen-bond donors (Lipinski definition) is 2. The largest absolute Gasteiger partial charge is 0.493 e. The molecule has 1 aromatic rings. The van der Waals surface area contributed by atoms with Crippen molar-refractivity contribution in [2.75, 3.05) is 0 Å². The Bertz CT molecular complexity index is 318. The highest BCUT2D eigenvalue weighted by Crippen LogP contribution is 2.17. The minimum atomic E-state index is -1.04. The van der Waals surface area contributed by atoms with E-state index in [-0.39, 0.29) is 17.9 Å². The van der Waals surface area contributed by atoms with Crippen LogP contribution in [0.1, 0.15) is 5.01 Å². The summed E-state index contributed by atoms with van der Waals surface area (Å²) in [6, 6.07) is 0. The SMILES string of the molecule is C=C(Cc1nc(O)cs1)C(=O)O. The molecule has 0 atom stereocenters. The minimum Gasteiger partial charge on any atom is -0.493 e. The predicted molar refractivity (Wildman–Crippen MR) is 44.3 cm³/mol. The van der Waals surface area contributed by atoms with Crippen LogP contribution in [0.25, 0.3) is 0 Å². The number of aromatic hydroxyl groups is 1. The summed E-state index contributed by atoms with van der Waals surface area (Å²) in [7, 11) is 0. The summed E-state index contributed by atoms with van der Waals surface area (Å²) in [5.74, 6) is -1.11. The van der Waals surface area contributed by atoms with Gasteiger partial charge in [0.2, 0.25) is 5.88 Å². The molecule has 0 radical (unpaired) electrons. The summed E-state index contributed by atoms with van der Waals surface area (Å²) >= 11 is 1.21. The van der Waals surface area contributed by atoms with Crippen LogP contribution in [0.2, 0.25) is 0 Å². The molecule has 2 N–H and O–H groups in total. The van der Waals surface area contributed by atoms with E-state index in [4.69, 9.17) is 10.2 Å². The molecule has 0 saturated heterocycles. The van der Waals surface area contributed by atoms with Gasteiger partial charge in [0.1, 0.15) is 5.01 Å². The van der Waals surface area contributed by atoms with E-state index in [1.807, 2.05) is 0 Å². The number of rotatable bonds is 3. The first-order chi connectivity index (χ1) is 5.59. The van der Waals surface area contributed by atoms with Crippen molar-refractivity contribution in [3.05, 3.63) is 22.5 Å². The van der Waals surface area contributed by atoms with Gasteiger partial charge in [-0.3, -0.25) is 0 Å². The maximum Gasteiger partial charge on any atom is 0.331 e. The topological polar surface area (TPSA) is 70.4 Å². The van der Waals surface area contributed by atoms with Gasteiger partial charge < -0.3 is 10.2 Å². The normalized spacial score (nSPS) is 9.67. The Kier molecular flexibility index (Phi) is 2.44. The average Bonchev–Trinajstić information content (AvgIpc) is 2.35. The monoisotopic (exact) mass is 185 g/mol. The first-order valence-corrected chi connectivity index (χ1v) is 4.02. The molecule has 12 heavy (non-hydrogen) atoms. The molecular weight excluding hydrogens is 178 g/mol. The van der Waals surface area contributed by atoms with Crippen molar-refractivity contribution in [3.63, 3.8) is 0 Å². The summed E-state index contributed by atoms with van der Waals surface area (Å²) in [6.45, 7) is 3.34. The second-order valence-electron chi connectivity index (χ2n) is 2.18. The maximum absolute atomic E-state index is 10.3. The second kappa shape index (κ2) is 3.36. The molecule has 5 heteroatoms. The van der Waals surface area contributed by atoms with Crippen LogP contribution in [-0.4, -0.2) is 21.2 Å². The van der Waals surface area contributed by atoms with E-state index in [0.29, 0.717) is 5.01 Å². The van der Waals surface area contributed by atoms with Gasteiger partial charge in [0, 0.05) is 12.0 Å². The van der Waals surface area contributed by atoms with E-state index in [1.54, 1.807) is 0 Å². The van der Waals surface area contributed by atoms with E-state index in [0.717, 1.165) is 0 Å². The summed E-state index contributed by atoms with van der Waals surface area (Å²) in [5, 5.41) is 19.3. The Morgan fingerprint density at radius 3 is 2.83 bits per heavy atom. The third-order valence-electron chi connectivity index (χ3n) is 1.21. The van der Waals surface area contributed by atoms with Crippen LogP contribution >= 0.6 is 11.3 Å². The quantitative estimate of drug-likeness (QED) is 0.690. The predicted octanol–water partition coefficient (Wildman–Crippen LogP) is 1.03. The van der Waals surface area contributed by atoms with Crippen LogP contribution in [0, 0.1) is 0 Å². The highest BCUT2D eigenvalue weighted by molar-refractivity contribution is 7.09. The number of aliphatic carboxylic acids is 1. The third-order valence-corrected chi connectivity index (χ3v) is 2.04. The van der Waals surface area contributed by atoms with Gasteiger partial charge in [0.25, 0.3) is 0 Å². The van der Waals surface area contributed by atoms with Gasteiger partial charge in [-0.2, -0.15) is 0 Å². The second-order valence-corrected chi connectivity index (χ2v) is 3.13. The van der Waals surface area contributed by atoms with Gasteiger partial charge in [-0.15, -0.1) is 11.3 Å². The van der Waals surface area contributed by atoms with E-state index in [1.165, 1.54) is 16.7 Å². The van der Waals surface area contributed by atoms with Crippen LogP contribution in [0.4, 0.5) is 0 Å². The summed E-state index contributed by atoms with van der Waals surface area (Å²) in [4.78, 5) is 14.0. The lowest BCUT2D eigenvalue weighted by atomic mass is 10.2. The van der Waals surface area contributed by atoms with Gasteiger partial charge in [-0.1, -0.05) is 6.58 Å². The molecule has 0 unspecified atom stereocenters. The number of thiazole rings is 1. The van der Waals surface area contributed by atoms with Crippen molar-refractivity contribution in [1.29, 1.82) is 0 Å². The van der Waals surface area contributed by atoms with Crippen molar-refractivity contribution in [3.8, 4) is 5.88 Å². The van der Waals surface area contributed by atoms with Crippen LogP contribution in [0.15, 0.2) is 17.5 Å². The zero-order valence-corrected chi connectivity index (χ0v) is 6.97. The molecule has 64 valence electrons. The van der Waals surface area contributed by atoms with E-state index >= 15 is 0 Å². The van der Waals surface area contributed by atoms with Gasteiger partial charge in [0.05, 0.1) is 5.38 Å². The Labute approximate surface area is 72.8 Å². The number of nitrogens with zero attached hydrogens (tertiary/aromatic N) is 1. The molecule has 1 heterocycles. The van der Waals surface area contributed by atoms with Gasteiger partial charge in [0.15, 0.2) is 0 Å². The molecule has 0 aliphatic carbocycles. The molecule has 1 aromatic heterocycles. The van der Waals surface area contributed by atoms with Crippen molar-refractivity contribution in [2.45, 2.75) is 6.42 Å². The molecule has 0 bridgehead atoms. The van der Waals surface area contributed by atoms with Crippen molar-refractivity contribution in [1.82, 2.24) is 4.98 Å². The van der Waals surface area contributed by atoms with Crippen LogP contribution < -0.4 is 0 Å². The minimum absolute atomic E-state index is 0.0735. The van der Waals surface area contributed by atoms with Crippen molar-refractivity contribution < 1.29 is 15.0 Å². The maximum atomic E-state index is 10.3. The molecule has 0 aliphatic heterocycles. The van der Waals surface area contributed by atoms with Gasteiger partial charge in [-0.05, 0) is 0 Å². The van der Waals surface area contributed by atoms with E-state index in [9.17, 15) is 4.79 Å². The summed E-state index contributed by atoms with van der Waals surface area (Å²) < 4.78 is 0. The molecule has 1 rings (SSSR count). The molecule has 0 aliphatic rings. The highest BCUT2D eigenvalue weighted by Gasteiger charge is 2.07. The molecule has 0 saturated carbocycles. The zero-order valence-electron chi connectivity index (χ0n) is 6.15. The fourth-order valence-corrected chi connectivity index (χ4v) is 1.34. The number of carbonyl (C=O) groups is 1. The third kappa shape index (κ3) is 2.06. The smallest absolute Gasteiger partial charge is 0.331 e. The summed E-state index contributed by atoms with van der Waals surface area (Å²) in [6.07, 6.45) is 0.181. The molecule has 0 amide bonds. The Hall–Kier alpha value is -1.36. The van der Waals surface area contributed by atoms with Gasteiger partial charge in [-0.25, -0.2) is 9.78 Å². The highest BCUT2D eigenvalue weighted by atomic mass is 32.1. The van der Waals surface area contributed by atoms with Crippen LogP contribution in [-0.2, 0) is 11.2 Å². The van der Waals surface area contributed by atoms with E-state index in [2.05, 4.69) is 11.6 Å². The van der Waals surface area contributed by atoms with Crippen molar-refractivity contribution in [2.24, 2.45) is 0 Å². The lowest BCUT2D eigenvalue weighted by Gasteiger charge is -1.93. The molecule has 0 fully saturated rings. The Morgan fingerprint density at radius 1 is 1.75 bits per heavy atom. The van der Waals surface area contributed by atoms with Crippen LogP contribution in [0.3, 0.4) is 0 Å².